The standard InChI is InChI=1S/C58H82N2O9/c1-5-7-8-9-10-11-12-13-17-26-55(64)60(31-36-65-37-34-63)54-41-52(59-67-42-45-22-15-14-16-23-45)50-39-46(24-18-20-32-61)49(25-19-21-33-62)56-51-40-48(68-47-28-27-43(3)44(4)38-47)29-30-53(51)69-58(54,57(50)56)66-35-6-2/h6,14-16,22-23,27-30,38-40,46,49,54,56-57,61-63H,2,5,7-13,17-21,24-26,31-37,41-42H2,1,3-4H3. The van der Waals surface area contributed by atoms with Gasteiger partial charge in [-0.1, -0.05) is 125 Å². The monoisotopic (exact) mass is 951 g/mol. The molecule has 11 heteroatoms. The van der Waals surface area contributed by atoms with E-state index in [9.17, 15) is 15.3 Å². The van der Waals surface area contributed by atoms with Crippen molar-refractivity contribution in [1.82, 2.24) is 4.90 Å². The Morgan fingerprint density at radius 1 is 0.826 bits per heavy atom. The second-order valence-electron chi connectivity index (χ2n) is 19.4. The number of fused-ring (bicyclic) bond motifs is 2. The lowest BCUT2D eigenvalue weighted by Crippen LogP contribution is -2.70. The van der Waals surface area contributed by atoms with Crippen LogP contribution in [0.3, 0.4) is 0 Å². The van der Waals surface area contributed by atoms with E-state index >= 15 is 4.79 Å². The van der Waals surface area contributed by atoms with E-state index in [1.54, 1.807) is 6.08 Å². The van der Waals surface area contributed by atoms with Crippen LogP contribution in [0, 0.1) is 31.6 Å². The van der Waals surface area contributed by atoms with Crippen molar-refractivity contribution in [3.8, 4) is 17.2 Å². The first-order chi connectivity index (χ1) is 33.8. The first-order valence-corrected chi connectivity index (χ1v) is 26.3. The molecule has 3 N–H and O–H groups in total. The number of oxime groups is 1. The molecule has 11 nitrogen and oxygen atoms in total. The second kappa shape index (κ2) is 28.4. The number of benzene rings is 3. The summed E-state index contributed by atoms with van der Waals surface area (Å²) in [4.78, 5) is 23.3. The van der Waals surface area contributed by atoms with Crippen molar-refractivity contribution in [1.29, 1.82) is 0 Å². The van der Waals surface area contributed by atoms with Crippen molar-refractivity contribution >= 4 is 11.6 Å². The number of rotatable bonds is 32. The van der Waals surface area contributed by atoms with Crippen LogP contribution in [0.5, 0.6) is 17.2 Å². The number of carbonyl (C=O) groups is 1. The molecule has 69 heavy (non-hydrogen) atoms. The highest BCUT2D eigenvalue weighted by Gasteiger charge is 2.65. The van der Waals surface area contributed by atoms with Crippen LogP contribution in [0.25, 0.3) is 0 Å². The van der Waals surface area contributed by atoms with Crippen LogP contribution in [0.2, 0.25) is 0 Å². The zero-order valence-corrected chi connectivity index (χ0v) is 42.0. The first kappa shape index (κ1) is 53.8. The fourth-order valence-corrected chi connectivity index (χ4v) is 10.9. The van der Waals surface area contributed by atoms with Crippen LogP contribution in [0.4, 0.5) is 0 Å². The molecular weight excluding hydrogens is 869 g/mol. The molecule has 0 spiro atoms. The Balaban J connectivity index is 1.49. The van der Waals surface area contributed by atoms with Crippen LogP contribution in [-0.2, 0) is 25.7 Å². The van der Waals surface area contributed by atoms with Gasteiger partial charge in [0.05, 0.1) is 38.1 Å². The highest BCUT2D eigenvalue weighted by atomic mass is 16.7. The predicted octanol–water partition coefficient (Wildman–Crippen LogP) is 11.7. The molecule has 0 radical (unpaired) electrons. The molecule has 6 unspecified atom stereocenters. The Morgan fingerprint density at radius 3 is 2.25 bits per heavy atom. The van der Waals surface area contributed by atoms with Crippen molar-refractivity contribution < 1.29 is 43.9 Å². The van der Waals surface area contributed by atoms with E-state index in [0.29, 0.717) is 37.2 Å². The Kier molecular flexibility index (Phi) is 22.1. The highest BCUT2D eigenvalue weighted by molar-refractivity contribution is 6.03. The molecule has 1 amide bonds. The summed E-state index contributed by atoms with van der Waals surface area (Å²) in [5.41, 5.74) is 6.04. The zero-order chi connectivity index (χ0) is 48.9. The van der Waals surface area contributed by atoms with Crippen LogP contribution in [-0.4, -0.2) is 89.9 Å². The van der Waals surface area contributed by atoms with Crippen LogP contribution in [0.15, 0.2) is 96.2 Å². The van der Waals surface area contributed by atoms with Gasteiger partial charge in [0.2, 0.25) is 11.7 Å². The second-order valence-corrected chi connectivity index (χ2v) is 19.4. The number of aryl methyl sites for hydroxylation is 2. The SMILES string of the molecule is C=CCOC12Oc3ccc(Oc4ccc(C)c(C)c4)cc3C3C(CCCCO)C(CCCCO)C=C(C(=NOCc4ccccc4)CC1N(CCOCCO)C(=O)CCCCCCCCCCC)C32. The molecule has 1 aliphatic heterocycles. The van der Waals surface area contributed by atoms with Crippen LogP contribution in [0.1, 0.15) is 144 Å². The summed E-state index contributed by atoms with van der Waals surface area (Å²) < 4.78 is 27.3. The Labute approximate surface area is 412 Å². The molecule has 378 valence electrons. The molecule has 3 aliphatic rings. The molecule has 0 saturated heterocycles. The molecule has 1 saturated carbocycles. The van der Waals surface area contributed by atoms with E-state index in [4.69, 9.17) is 28.9 Å². The van der Waals surface area contributed by atoms with Crippen LogP contribution >= 0.6 is 0 Å². The van der Waals surface area contributed by atoms with E-state index < -0.39 is 17.7 Å². The summed E-state index contributed by atoms with van der Waals surface area (Å²) in [5.74, 6) is 0.229. The average Bonchev–Trinajstić information content (AvgIpc) is 3.35. The molecule has 1 heterocycles. The molecular formula is C58H82N2O9. The van der Waals surface area contributed by atoms with E-state index in [0.717, 1.165) is 78.7 Å². The van der Waals surface area contributed by atoms with Gasteiger partial charge in [0.15, 0.2) is 0 Å². The molecule has 0 aromatic heterocycles. The summed E-state index contributed by atoms with van der Waals surface area (Å²) in [6.07, 6.45) is 19.7. The van der Waals surface area contributed by atoms with E-state index in [2.05, 4.69) is 51.6 Å². The number of ether oxygens (including phenoxy) is 4. The van der Waals surface area contributed by atoms with Crippen molar-refractivity contribution in [2.24, 2.45) is 22.9 Å². The summed E-state index contributed by atoms with van der Waals surface area (Å²) in [7, 11) is 0. The van der Waals surface area contributed by atoms with Gasteiger partial charge in [-0.05, 0) is 110 Å². The number of amides is 1. The van der Waals surface area contributed by atoms with Gasteiger partial charge < -0.3 is 44.0 Å². The first-order valence-electron chi connectivity index (χ1n) is 26.3. The number of carbonyl (C=O) groups excluding carboxylic acids is 1. The van der Waals surface area contributed by atoms with Gasteiger partial charge in [0.1, 0.15) is 29.9 Å². The highest BCUT2D eigenvalue weighted by Crippen LogP contribution is 2.62. The number of nitrogens with zero attached hydrogens (tertiary/aromatic N) is 2. The summed E-state index contributed by atoms with van der Waals surface area (Å²) in [5, 5.41) is 34.8. The van der Waals surface area contributed by atoms with E-state index in [1.165, 1.54) is 44.1 Å². The number of allylic oxidation sites excluding steroid dienone is 1. The molecule has 2 aliphatic carbocycles. The third-order valence-electron chi connectivity index (χ3n) is 14.5. The Hall–Kier alpha value is -4.52. The third kappa shape index (κ3) is 14.5. The number of hydrogen-bond acceptors (Lipinski definition) is 10. The summed E-state index contributed by atoms with van der Waals surface area (Å²) in [6.45, 7) is 11.7. The lowest BCUT2D eigenvalue weighted by molar-refractivity contribution is -0.258. The molecule has 6 atom stereocenters. The largest absolute Gasteiger partial charge is 0.459 e. The van der Waals surface area contributed by atoms with E-state index in [-0.39, 0.29) is 76.5 Å². The number of unbranched alkanes of at least 4 members (excludes halogenated alkanes) is 10. The Morgan fingerprint density at radius 2 is 1.54 bits per heavy atom. The lowest BCUT2D eigenvalue weighted by atomic mass is 9.55. The van der Waals surface area contributed by atoms with Gasteiger partial charge in [-0.15, -0.1) is 6.58 Å². The van der Waals surface area contributed by atoms with Crippen molar-refractivity contribution in [3.05, 3.63) is 113 Å². The molecule has 3 aromatic carbocycles. The summed E-state index contributed by atoms with van der Waals surface area (Å²) in [6, 6.07) is 21.5. The third-order valence-corrected chi connectivity index (χ3v) is 14.5. The maximum Gasteiger partial charge on any atom is 0.239 e. The summed E-state index contributed by atoms with van der Waals surface area (Å²) >= 11 is 0. The number of aliphatic hydroxyl groups is 3. The quantitative estimate of drug-likeness (QED) is 0.0317. The predicted molar refractivity (Wildman–Crippen MR) is 274 cm³/mol. The smallest absolute Gasteiger partial charge is 0.239 e. The maximum atomic E-state index is 15.0. The Bertz CT molecular complexity index is 2090. The lowest BCUT2D eigenvalue weighted by Gasteiger charge is -2.60. The maximum absolute atomic E-state index is 15.0. The molecule has 0 bridgehead atoms. The van der Waals surface area contributed by atoms with Gasteiger partial charge in [0.25, 0.3) is 0 Å². The van der Waals surface area contributed by atoms with Crippen molar-refractivity contribution in [2.45, 2.75) is 154 Å². The zero-order valence-electron chi connectivity index (χ0n) is 42.0. The molecule has 3 aromatic rings. The molecule has 6 rings (SSSR count). The minimum absolute atomic E-state index is 0.00521. The van der Waals surface area contributed by atoms with Crippen molar-refractivity contribution in [3.63, 3.8) is 0 Å². The average molecular weight is 951 g/mol. The number of hydrogen-bond donors (Lipinski definition) is 3. The van der Waals surface area contributed by atoms with Gasteiger partial charge in [0, 0.05) is 44.1 Å². The van der Waals surface area contributed by atoms with Crippen LogP contribution < -0.4 is 9.47 Å². The fourth-order valence-electron chi connectivity index (χ4n) is 10.9. The van der Waals surface area contributed by atoms with Gasteiger partial charge in [-0.2, -0.15) is 0 Å². The molecule has 1 fully saturated rings. The normalized spacial score (nSPS) is 22.0. The minimum Gasteiger partial charge on any atom is -0.459 e. The number of aliphatic hydroxyl groups excluding tert-OH is 3. The van der Waals surface area contributed by atoms with Gasteiger partial charge in [-0.25, -0.2) is 0 Å². The van der Waals surface area contributed by atoms with Gasteiger partial charge in [-0.3, -0.25) is 4.79 Å². The fraction of sp³-hybridized carbons (Fsp3) is 0.586. The minimum atomic E-state index is -1.39. The van der Waals surface area contributed by atoms with Crippen molar-refractivity contribution in [2.75, 3.05) is 46.2 Å². The van der Waals surface area contributed by atoms with Gasteiger partial charge >= 0.3 is 0 Å². The van der Waals surface area contributed by atoms with E-state index in [1.807, 2.05) is 53.4 Å². The topological polar surface area (TPSA) is 140 Å².